The maximum Gasteiger partial charge on any atom is 0.242 e. The molecule has 0 fully saturated rings. The van der Waals surface area contributed by atoms with Gasteiger partial charge in [-0.15, -0.1) is 5.10 Å². The van der Waals surface area contributed by atoms with Gasteiger partial charge in [-0.3, -0.25) is 0 Å². The van der Waals surface area contributed by atoms with Crippen molar-refractivity contribution in [3.05, 3.63) is 29.8 Å². The van der Waals surface area contributed by atoms with Crippen molar-refractivity contribution in [2.24, 2.45) is 0 Å². The zero-order valence-corrected chi connectivity index (χ0v) is 12.7. The van der Waals surface area contributed by atoms with Crippen LogP contribution in [0.4, 0.5) is 5.95 Å². The van der Waals surface area contributed by atoms with Gasteiger partial charge in [0.15, 0.2) is 0 Å². The first kappa shape index (κ1) is 14.8. The van der Waals surface area contributed by atoms with Crippen molar-refractivity contribution in [1.29, 1.82) is 0 Å². The topological polar surface area (TPSA) is 105 Å². The Morgan fingerprint density at radius 2 is 2.15 bits per heavy atom. The second-order valence-corrected chi connectivity index (χ2v) is 7.32. The molecule has 0 aliphatic rings. The number of nitrogens with zero attached hydrogens (tertiary/aromatic N) is 3. The van der Waals surface area contributed by atoms with Gasteiger partial charge in [0.1, 0.15) is 0 Å². The van der Waals surface area contributed by atoms with Crippen LogP contribution in [0.15, 0.2) is 34.3 Å². The second-order valence-electron chi connectivity index (χ2n) is 4.23. The molecule has 0 saturated heterocycles. The fourth-order valence-corrected chi connectivity index (χ4v) is 3.20. The predicted octanol–water partition coefficient (Wildman–Crippen LogP) is 0.930. The lowest BCUT2D eigenvalue weighted by Gasteiger charge is -2.12. The molecule has 0 aliphatic carbocycles. The van der Waals surface area contributed by atoms with Crippen LogP contribution in [0.5, 0.6) is 0 Å². The number of sulfonamides is 1. The number of hydrogen-bond acceptors (Lipinski definition) is 6. The third-order valence-electron chi connectivity index (χ3n) is 2.53. The Morgan fingerprint density at radius 3 is 2.75 bits per heavy atom. The second kappa shape index (κ2) is 5.81. The molecule has 0 aliphatic heterocycles. The van der Waals surface area contributed by atoms with Gasteiger partial charge in [0.05, 0.1) is 4.90 Å². The van der Waals surface area contributed by atoms with E-state index in [2.05, 4.69) is 15.2 Å². The number of anilines is 1. The Bertz CT molecular complexity index is 696. The van der Waals surface area contributed by atoms with E-state index in [0.29, 0.717) is 10.9 Å². The number of benzene rings is 1. The van der Waals surface area contributed by atoms with E-state index in [4.69, 9.17) is 5.73 Å². The molecular weight excluding hydrogens is 298 g/mol. The molecule has 20 heavy (non-hydrogen) atoms. The van der Waals surface area contributed by atoms with Crippen molar-refractivity contribution in [2.75, 3.05) is 19.8 Å². The first-order chi connectivity index (χ1) is 9.39. The molecule has 0 spiro atoms. The van der Waals surface area contributed by atoms with Crippen molar-refractivity contribution < 1.29 is 8.42 Å². The average molecular weight is 313 g/mol. The first-order valence-electron chi connectivity index (χ1n) is 5.72. The minimum absolute atomic E-state index is 0.261. The first-order valence-corrected chi connectivity index (χ1v) is 8.14. The average Bonchev–Trinajstić information content (AvgIpc) is 2.82. The van der Waals surface area contributed by atoms with E-state index in [1.807, 2.05) is 6.07 Å². The lowest BCUT2D eigenvalue weighted by molar-refractivity contribution is 0.520. The predicted molar refractivity (Wildman–Crippen MR) is 77.7 cm³/mol. The van der Waals surface area contributed by atoms with Crippen LogP contribution in [0.2, 0.25) is 0 Å². The molecule has 0 unspecified atom stereocenters. The number of rotatable bonds is 5. The molecule has 1 heterocycles. The van der Waals surface area contributed by atoms with Gasteiger partial charge >= 0.3 is 0 Å². The van der Waals surface area contributed by atoms with Crippen molar-refractivity contribution >= 4 is 27.7 Å². The van der Waals surface area contributed by atoms with E-state index in [-0.39, 0.29) is 10.8 Å². The smallest absolute Gasteiger partial charge is 0.242 e. The maximum absolute atomic E-state index is 12.0. The van der Waals surface area contributed by atoms with E-state index in [1.165, 1.54) is 30.2 Å². The molecule has 0 radical (unpaired) electrons. The molecule has 0 atom stereocenters. The zero-order valence-electron chi connectivity index (χ0n) is 11.1. The van der Waals surface area contributed by atoms with Gasteiger partial charge in [-0.2, -0.15) is 4.98 Å². The van der Waals surface area contributed by atoms with Gasteiger partial charge in [-0.1, -0.05) is 23.9 Å². The number of nitrogen functional groups attached to an aromatic ring is 1. The molecular formula is C11H15N5O2S2. The van der Waals surface area contributed by atoms with Crippen molar-refractivity contribution in [2.45, 2.75) is 15.8 Å². The van der Waals surface area contributed by atoms with Gasteiger partial charge in [-0.05, 0) is 17.7 Å². The monoisotopic (exact) mass is 313 g/mol. The molecule has 0 saturated carbocycles. The highest BCUT2D eigenvalue weighted by Crippen LogP contribution is 2.22. The van der Waals surface area contributed by atoms with E-state index in [9.17, 15) is 8.42 Å². The normalized spacial score (nSPS) is 11.9. The highest BCUT2D eigenvalue weighted by molar-refractivity contribution is 7.98. The molecule has 0 bridgehead atoms. The minimum atomic E-state index is -3.41. The summed E-state index contributed by atoms with van der Waals surface area (Å²) >= 11 is 1.38. The number of nitrogens with two attached hydrogens (primary N) is 1. The summed E-state index contributed by atoms with van der Waals surface area (Å²) in [6.07, 6.45) is 0. The largest absolute Gasteiger partial charge is 0.368 e. The fourth-order valence-electron chi connectivity index (χ4n) is 1.48. The number of H-pyrrole nitrogens is 1. The highest BCUT2D eigenvalue weighted by atomic mass is 32.2. The fraction of sp³-hybridized carbons (Fsp3) is 0.273. The van der Waals surface area contributed by atoms with E-state index >= 15 is 0 Å². The minimum Gasteiger partial charge on any atom is -0.368 e. The third kappa shape index (κ3) is 3.30. The van der Waals surface area contributed by atoms with Gasteiger partial charge in [-0.25, -0.2) is 17.8 Å². The Kier molecular flexibility index (Phi) is 4.31. The van der Waals surface area contributed by atoms with E-state index in [0.717, 1.165) is 5.56 Å². The zero-order chi connectivity index (χ0) is 14.8. The molecule has 1 aromatic heterocycles. The van der Waals surface area contributed by atoms with Crippen LogP contribution in [0.3, 0.4) is 0 Å². The Morgan fingerprint density at radius 1 is 1.40 bits per heavy atom. The summed E-state index contributed by atoms with van der Waals surface area (Å²) in [7, 11) is -0.397. The summed E-state index contributed by atoms with van der Waals surface area (Å²) in [6, 6.07) is 6.81. The third-order valence-corrected chi connectivity index (χ3v) is 5.26. The molecule has 7 nitrogen and oxygen atoms in total. The number of hydrogen-bond donors (Lipinski definition) is 2. The summed E-state index contributed by atoms with van der Waals surface area (Å²) in [4.78, 5) is 4.25. The summed E-state index contributed by atoms with van der Waals surface area (Å²) < 4.78 is 25.3. The molecule has 9 heteroatoms. The standard InChI is InChI=1S/C11H15N5O2S2/c1-16(2)20(17,18)9-5-3-4-8(6-9)7-19-11-13-10(12)14-15-11/h3-6H,7H2,1-2H3,(H3,12,13,14,15). The maximum atomic E-state index is 12.0. The number of aromatic amines is 1. The van der Waals surface area contributed by atoms with Gasteiger partial charge in [0.25, 0.3) is 0 Å². The molecule has 3 N–H and O–H groups in total. The number of nitrogens with one attached hydrogen (secondary N) is 1. The van der Waals surface area contributed by atoms with E-state index < -0.39 is 10.0 Å². The molecule has 0 amide bonds. The van der Waals surface area contributed by atoms with Crippen LogP contribution >= 0.6 is 11.8 Å². The van der Waals surface area contributed by atoms with Crippen molar-refractivity contribution in [3.8, 4) is 0 Å². The van der Waals surface area contributed by atoms with Crippen LogP contribution < -0.4 is 5.73 Å². The molecule has 2 rings (SSSR count). The summed E-state index contributed by atoms with van der Waals surface area (Å²) in [5.41, 5.74) is 6.31. The van der Waals surface area contributed by atoms with Gasteiger partial charge < -0.3 is 5.73 Å². The lowest BCUT2D eigenvalue weighted by atomic mass is 10.2. The molecule has 2 aromatic rings. The van der Waals surface area contributed by atoms with Crippen molar-refractivity contribution in [1.82, 2.24) is 19.5 Å². The summed E-state index contributed by atoms with van der Waals surface area (Å²) in [5.74, 6) is 0.824. The Hall–Kier alpha value is -1.58. The number of aromatic nitrogens is 3. The Balaban J connectivity index is 2.14. The van der Waals surface area contributed by atoms with Crippen LogP contribution in [-0.2, 0) is 15.8 Å². The summed E-state index contributed by atoms with van der Waals surface area (Å²) in [6.45, 7) is 0. The van der Waals surface area contributed by atoms with Crippen molar-refractivity contribution in [3.63, 3.8) is 0 Å². The van der Waals surface area contributed by atoms with Gasteiger partial charge in [0, 0.05) is 19.8 Å². The molecule has 1 aromatic carbocycles. The van der Waals surface area contributed by atoms with Crippen LogP contribution in [-0.4, -0.2) is 42.0 Å². The Labute approximate surface area is 121 Å². The highest BCUT2D eigenvalue weighted by Gasteiger charge is 2.17. The SMILES string of the molecule is CN(C)S(=O)(=O)c1cccc(CSc2n[nH]c(N)n2)c1. The quantitative estimate of drug-likeness (QED) is 0.796. The van der Waals surface area contributed by atoms with Crippen LogP contribution in [0, 0.1) is 0 Å². The van der Waals surface area contributed by atoms with Gasteiger partial charge in [0.2, 0.25) is 21.1 Å². The van der Waals surface area contributed by atoms with Crippen LogP contribution in [0.1, 0.15) is 5.56 Å². The van der Waals surface area contributed by atoms with Crippen LogP contribution in [0.25, 0.3) is 0 Å². The lowest BCUT2D eigenvalue weighted by Crippen LogP contribution is -2.22. The number of thioether (sulfide) groups is 1. The van der Waals surface area contributed by atoms with E-state index in [1.54, 1.807) is 18.2 Å². The summed E-state index contributed by atoms with van der Waals surface area (Å²) in [5, 5.41) is 6.99. The molecule has 108 valence electrons.